The lowest BCUT2D eigenvalue weighted by atomic mass is 10.0. The van der Waals surface area contributed by atoms with E-state index in [1.54, 1.807) is 12.3 Å². The van der Waals surface area contributed by atoms with Crippen LogP contribution in [-0.4, -0.2) is 16.5 Å². The summed E-state index contributed by atoms with van der Waals surface area (Å²) in [6.45, 7) is 0.579. The lowest BCUT2D eigenvalue weighted by molar-refractivity contribution is -0.384. The number of aromatic nitrogens is 1. The number of fused-ring (bicyclic) bond motifs is 1. The van der Waals surface area contributed by atoms with E-state index in [1.165, 1.54) is 6.07 Å². The predicted octanol–water partition coefficient (Wildman–Crippen LogP) is 2.93. The minimum absolute atomic E-state index is 0.0172. The Morgan fingerprint density at radius 2 is 2.15 bits per heavy atom. The van der Waals surface area contributed by atoms with Crippen molar-refractivity contribution in [3.63, 3.8) is 0 Å². The fourth-order valence-corrected chi connectivity index (χ4v) is 2.31. The standard InChI is InChI=1S/C14H13N3O3/c18-17(19)12-5-3-8-15-14(12)16-11-7-9-20-13-6-2-1-4-10(11)13/h1-6,8,11H,7,9H2,(H,15,16)/t11-/m1/s1. The Kier molecular flexibility index (Phi) is 3.20. The van der Waals surface area contributed by atoms with Gasteiger partial charge in [0.05, 0.1) is 17.6 Å². The maximum absolute atomic E-state index is 11.0. The van der Waals surface area contributed by atoms with Gasteiger partial charge in [-0.25, -0.2) is 4.98 Å². The van der Waals surface area contributed by atoms with Gasteiger partial charge in [-0.15, -0.1) is 0 Å². The van der Waals surface area contributed by atoms with E-state index in [9.17, 15) is 10.1 Å². The van der Waals surface area contributed by atoms with Gasteiger partial charge < -0.3 is 10.1 Å². The van der Waals surface area contributed by atoms with Gasteiger partial charge in [0.1, 0.15) is 5.75 Å². The first-order chi connectivity index (χ1) is 9.75. The molecule has 0 aliphatic carbocycles. The minimum Gasteiger partial charge on any atom is -0.493 e. The molecule has 1 N–H and O–H groups in total. The van der Waals surface area contributed by atoms with Crippen molar-refractivity contribution in [2.45, 2.75) is 12.5 Å². The van der Waals surface area contributed by atoms with E-state index >= 15 is 0 Å². The second kappa shape index (κ2) is 5.16. The Hall–Kier alpha value is -2.63. The molecular weight excluding hydrogens is 258 g/mol. The summed E-state index contributed by atoms with van der Waals surface area (Å²) in [6.07, 6.45) is 2.28. The van der Waals surface area contributed by atoms with Crippen molar-refractivity contribution in [1.29, 1.82) is 0 Å². The van der Waals surface area contributed by atoms with Crippen LogP contribution in [0, 0.1) is 10.1 Å². The average Bonchev–Trinajstić information content (AvgIpc) is 2.48. The molecule has 0 fully saturated rings. The van der Waals surface area contributed by atoms with Crippen LogP contribution in [0.3, 0.4) is 0 Å². The Morgan fingerprint density at radius 1 is 1.30 bits per heavy atom. The Labute approximate surface area is 115 Å². The number of hydrogen-bond acceptors (Lipinski definition) is 5. The molecule has 2 heterocycles. The third-order valence-electron chi connectivity index (χ3n) is 3.25. The summed E-state index contributed by atoms with van der Waals surface area (Å²) in [5.74, 6) is 1.11. The van der Waals surface area contributed by atoms with Crippen LogP contribution >= 0.6 is 0 Å². The normalized spacial score (nSPS) is 16.9. The summed E-state index contributed by atoms with van der Waals surface area (Å²) in [4.78, 5) is 14.7. The summed E-state index contributed by atoms with van der Waals surface area (Å²) in [6, 6.07) is 10.7. The van der Waals surface area contributed by atoms with Crippen LogP contribution in [0.1, 0.15) is 18.0 Å². The Bertz CT molecular complexity index is 645. The first-order valence-electron chi connectivity index (χ1n) is 6.33. The molecule has 102 valence electrons. The van der Waals surface area contributed by atoms with Crippen molar-refractivity contribution in [2.75, 3.05) is 11.9 Å². The van der Waals surface area contributed by atoms with Gasteiger partial charge in [-0.2, -0.15) is 0 Å². The van der Waals surface area contributed by atoms with E-state index in [0.717, 1.165) is 17.7 Å². The van der Waals surface area contributed by atoms with E-state index in [1.807, 2.05) is 24.3 Å². The van der Waals surface area contributed by atoms with E-state index in [2.05, 4.69) is 10.3 Å². The van der Waals surface area contributed by atoms with E-state index in [0.29, 0.717) is 12.4 Å². The lowest BCUT2D eigenvalue weighted by Gasteiger charge is -2.26. The number of pyridine rings is 1. The molecule has 6 nitrogen and oxygen atoms in total. The fraction of sp³-hybridized carbons (Fsp3) is 0.214. The van der Waals surface area contributed by atoms with Gasteiger partial charge in [0, 0.05) is 24.2 Å². The van der Waals surface area contributed by atoms with Crippen molar-refractivity contribution >= 4 is 11.5 Å². The number of ether oxygens (including phenoxy) is 1. The van der Waals surface area contributed by atoms with Crippen molar-refractivity contribution < 1.29 is 9.66 Å². The molecule has 0 saturated carbocycles. The van der Waals surface area contributed by atoms with Gasteiger partial charge in [-0.3, -0.25) is 10.1 Å². The van der Waals surface area contributed by atoms with E-state index in [-0.39, 0.29) is 11.7 Å². The number of nitrogens with zero attached hydrogens (tertiary/aromatic N) is 2. The molecule has 0 spiro atoms. The fourth-order valence-electron chi connectivity index (χ4n) is 2.31. The molecule has 1 aliphatic rings. The summed E-state index contributed by atoms with van der Waals surface area (Å²) in [7, 11) is 0. The maximum Gasteiger partial charge on any atom is 0.311 e. The van der Waals surface area contributed by atoms with Crippen molar-refractivity contribution in [3.8, 4) is 5.75 Å². The van der Waals surface area contributed by atoms with Crippen molar-refractivity contribution in [3.05, 3.63) is 58.3 Å². The van der Waals surface area contributed by atoms with Crippen LogP contribution in [-0.2, 0) is 0 Å². The molecule has 0 radical (unpaired) electrons. The predicted molar refractivity (Wildman–Crippen MR) is 73.8 cm³/mol. The highest BCUT2D eigenvalue weighted by Crippen LogP contribution is 2.35. The SMILES string of the molecule is O=[N+]([O-])c1cccnc1N[C@@H]1CCOc2ccccc21. The molecule has 20 heavy (non-hydrogen) atoms. The summed E-state index contributed by atoms with van der Waals surface area (Å²) in [5, 5.41) is 14.2. The molecule has 2 aromatic rings. The monoisotopic (exact) mass is 271 g/mol. The minimum atomic E-state index is -0.430. The van der Waals surface area contributed by atoms with Crippen LogP contribution in [0.5, 0.6) is 5.75 Å². The van der Waals surface area contributed by atoms with Gasteiger partial charge in [0.15, 0.2) is 0 Å². The highest BCUT2D eigenvalue weighted by Gasteiger charge is 2.24. The zero-order chi connectivity index (χ0) is 13.9. The van der Waals surface area contributed by atoms with Gasteiger partial charge in [-0.05, 0) is 12.1 Å². The number of anilines is 1. The second-order valence-corrected chi connectivity index (χ2v) is 4.50. The van der Waals surface area contributed by atoms with Gasteiger partial charge in [0.25, 0.3) is 0 Å². The zero-order valence-electron chi connectivity index (χ0n) is 10.7. The van der Waals surface area contributed by atoms with Gasteiger partial charge in [-0.1, -0.05) is 18.2 Å². The van der Waals surface area contributed by atoms with Crippen molar-refractivity contribution in [2.24, 2.45) is 0 Å². The molecule has 0 amide bonds. The quantitative estimate of drug-likeness (QED) is 0.686. The molecule has 1 atom stereocenters. The number of nitro groups is 1. The number of nitrogens with one attached hydrogen (secondary N) is 1. The van der Waals surface area contributed by atoms with Gasteiger partial charge in [0.2, 0.25) is 5.82 Å². The zero-order valence-corrected chi connectivity index (χ0v) is 10.7. The summed E-state index contributed by atoms with van der Waals surface area (Å²) >= 11 is 0. The molecule has 1 aromatic heterocycles. The molecule has 3 rings (SSSR count). The number of para-hydroxylation sites is 1. The van der Waals surface area contributed by atoms with Crippen LogP contribution in [0.4, 0.5) is 11.5 Å². The Balaban J connectivity index is 1.92. The van der Waals surface area contributed by atoms with E-state index < -0.39 is 4.92 Å². The van der Waals surface area contributed by atoms with Crippen LogP contribution < -0.4 is 10.1 Å². The molecule has 0 unspecified atom stereocenters. The number of rotatable bonds is 3. The highest BCUT2D eigenvalue weighted by molar-refractivity contribution is 5.57. The first kappa shape index (κ1) is 12.4. The van der Waals surface area contributed by atoms with Crippen LogP contribution in [0.25, 0.3) is 0 Å². The number of benzene rings is 1. The third kappa shape index (κ3) is 2.27. The highest BCUT2D eigenvalue weighted by atomic mass is 16.6. The number of hydrogen-bond donors (Lipinski definition) is 1. The molecule has 6 heteroatoms. The van der Waals surface area contributed by atoms with Crippen molar-refractivity contribution in [1.82, 2.24) is 4.98 Å². The van der Waals surface area contributed by atoms with Crippen LogP contribution in [0.2, 0.25) is 0 Å². The van der Waals surface area contributed by atoms with E-state index in [4.69, 9.17) is 4.74 Å². The molecule has 0 saturated heterocycles. The van der Waals surface area contributed by atoms with Crippen LogP contribution in [0.15, 0.2) is 42.6 Å². The smallest absolute Gasteiger partial charge is 0.311 e. The summed E-state index contributed by atoms with van der Waals surface area (Å²) < 4.78 is 5.57. The first-order valence-corrected chi connectivity index (χ1v) is 6.33. The average molecular weight is 271 g/mol. The largest absolute Gasteiger partial charge is 0.493 e. The summed E-state index contributed by atoms with van der Waals surface area (Å²) in [5.41, 5.74) is 0.982. The lowest BCUT2D eigenvalue weighted by Crippen LogP contribution is -2.21. The van der Waals surface area contributed by atoms with Gasteiger partial charge >= 0.3 is 5.69 Å². The second-order valence-electron chi connectivity index (χ2n) is 4.50. The molecule has 1 aromatic carbocycles. The topological polar surface area (TPSA) is 77.3 Å². The molecule has 1 aliphatic heterocycles. The molecule has 0 bridgehead atoms. The Morgan fingerprint density at radius 3 is 3.00 bits per heavy atom. The maximum atomic E-state index is 11.0. The molecular formula is C14H13N3O3. The third-order valence-corrected chi connectivity index (χ3v) is 3.25.